The number of benzene rings is 1. The number of carbonyl (C=O) groups excluding carboxylic acids is 3. The van der Waals surface area contributed by atoms with Gasteiger partial charge in [0, 0.05) is 19.2 Å². The third-order valence-electron chi connectivity index (χ3n) is 4.91. The van der Waals surface area contributed by atoms with Crippen LogP contribution in [0.3, 0.4) is 0 Å². The minimum absolute atomic E-state index is 0.264. The second kappa shape index (κ2) is 14.4. The first-order valence-electron chi connectivity index (χ1n) is 10.9. The highest BCUT2D eigenvalue weighted by Gasteiger charge is 2.53. The first-order chi connectivity index (χ1) is 18.6. The van der Waals surface area contributed by atoms with Crippen molar-refractivity contribution >= 4 is 29.7 Å². The molecule has 0 unspecified atom stereocenters. The van der Waals surface area contributed by atoms with Crippen LogP contribution in [-0.2, 0) is 33.2 Å². The molecule has 17 nitrogen and oxygen atoms in total. The summed E-state index contributed by atoms with van der Waals surface area (Å²) in [5.74, 6) is -1.37. The van der Waals surface area contributed by atoms with Gasteiger partial charge in [0.1, 0.15) is 19.3 Å². The molecule has 0 spiro atoms. The van der Waals surface area contributed by atoms with Crippen molar-refractivity contribution in [2.24, 2.45) is 0 Å². The van der Waals surface area contributed by atoms with Crippen LogP contribution < -0.4 is 0 Å². The molecule has 0 radical (unpaired) electrons. The maximum atomic E-state index is 13.0. The van der Waals surface area contributed by atoms with Crippen LogP contribution in [0.25, 0.3) is 0 Å². The molecule has 1 aliphatic rings. The Kier molecular flexibility index (Phi) is 11.3. The molecule has 0 amide bonds. The van der Waals surface area contributed by atoms with Gasteiger partial charge in [-0.2, -0.15) is 0 Å². The Bertz CT molecular complexity index is 1070. The lowest BCUT2D eigenvalue weighted by atomic mass is 9.98. The van der Waals surface area contributed by atoms with Crippen LogP contribution in [0, 0.1) is 20.2 Å². The van der Waals surface area contributed by atoms with E-state index in [2.05, 4.69) is 13.2 Å². The molecule has 0 aliphatic carbocycles. The Morgan fingerprint density at radius 3 is 1.87 bits per heavy atom. The summed E-state index contributed by atoms with van der Waals surface area (Å²) in [6, 6.07) is 2.04. The molecule has 17 heteroatoms. The van der Waals surface area contributed by atoms with Crippen molar-refractivity contribution in [3.63, 3.8) is 0 Å². The fourth-order valence-corrected chi connectivity index (χ4v) is 3.28. The first-order valence-corrected chi connectivity index (χ1v) is 10.9. The van der Waals surface area contributed by atoms with Crippen LogP contribution in [0.2, 0.25) is 0 Å². The highest BCUT2D eigenvalue weighted by atomic mass is 16.8. The molecule has 0 saturated carbocycles. The normalized spacial score (nSPS) is 22.1. The van der Waals surface area contributed by atoms with E-state index in [0.717, 1.165) is 7.11 Å². The number of nitro benzene ring substituents is 2. The third-order valence-corrected chi connectivity index (χ3v) is 4.91. The number of rotatable bonds is 12. The maximum Gasteiger partial charge on any atom is 0.509 e. The third kappa shape index (κ3) is 8.19. The Morgan fingerprint density at radius 1 is 0.923 bits per heavy atom. The van der Waals surface area contributed by atoms with Crippen molar-refractivity contribution in [1.82, 2.24) is 0 Å². The molecule has 39 heavy (non-hydrogen) atoms. The van der Waals surface area contributed by atoms with Crippen molar-refractivity contribution in [1.29, 1.82) is 0 Å². The van der Waals surface area contributed by atoms with Crippen LogP contribution in [0.4, 0.5) is 21.0 Å². The van der Waals surface area contributed by atoms with Gasteiger partial charge in [-0.3, -0.25) is 20.2 Å². The first kappa shape index (κ1) is 30.6. The van der Waals surface area contributed by atoms with Crippen molar-refractivity contribution in [3.8, 4) is 0 Å². The van der Waals surface area contributed by atoms with E-state index in [0.29, 0.717) is 18.2 Å². The van der Waals surface area contributed by atoms with Gasteiger partial charge in [-0.25, -0.2) is 14.4 Å². The lowest BCUT2D eigenvalue weighted by Crippen LogP contribution is -2.62. The summed E-state index contributed by atoms with van der Waals surface area (Å²) >= 11 is 0. The number of methoxy groups -OCH3 is 1. The van der Waals surface area contributed by atoms with E-state index in [1.807, 2.05) is 0 Å². The van der Waals surface area contributed by atoms with Gasteiger partial charge in [-0.1, -0.05) is 25.3 Å². The molecule has 0 bridgehead atoms. The molecule has 0 aromatic heterocycles. The number of carbonyl (C=O) groups is 3. The van der Waals surface area contributed by atoms with Gasteiger partial charge in [0.15, 0.2) is 24.6 Å². The standard InChI is InChI=1S/C22H24N2O15/c1-4-6-34-21(27)38-17-16(15(11-25)36-20(33-3)18(17)39-22(28)35-7-5-2)37-19(26)12-8-13(23(29)30)10-14(9-12)24(31)32/h4-5,8-10,15-18,20,25H,1-2,6-7,11H2,3H3/t15-,16-,17+,18+,20+/m1/s1. The van der Waals surface area contributed by atoms with Gasteiger partial charge in [0.2, 0.25) is 0 Å². The average molecular weight is 556 g/mol. The van der Waals surface area contributed by atoms with E-state index in [9.17, 15) is 39.7 Å². The average Bonchev–Trinajstić information content (AvgIpc) is 2.91. The van der Waals surface area contributed by atoms with Crippen molar-refractivity contribution in [2.75, 3.05) is 26.9 Å². The monoisotopic (exact) mass is 556 g/mol. The highest BCUT2D eigenvalue weighted by molar-refractivity contribution is 5.91. The summed E-state index contributed by atoms with van der Waals surface area (Å²) in [7, 11) is 1.13. The fraction of sp³-hybridized carbons (Fsp3) is 0.409. The van der Waals surface area contributed by atoms with E-state index >= 15 is 0 Å². The number of esters is 1. The van der Waals surface area contributed by atoms with E-state index in [1.165, 1.54) is 12.2 Å². The second-order valence-electron chi connectivity index (χ2n) is 7.45. The van der Waals surface area contributed by atoms with Gasteiger partial charge in [0.05, 0.1) is 28.1 Å². The number of nitro groups is 2. The van der Waals surface area contributed by atoms with Gasteiger partial charge < -0.3 is 38.3 Å². The Hall–Kier alpha value is -4.61. The Labute approximate surface area is 219 Å². The summed E-state index contributed by atoms with van der Waals surface area (Å²) in [4.78, 5) is 57.9. The molecule has 5 atom stereocenters. The number of aliphatic hydroxyl groups excluding tert-OH is 1. The molecule has 1 fully saturated rings. The number of hydrogen-bond acceptors (Lipinski definition) is 15. The zero-order chi connectivity index (χ0) is 29.1. The lowest BCUT2D eigenvalue weighted by Gasteiger charge is -2.43. The van der Waals surface area contributed by atoms with E-state index in [4.69, 9.17) is 33.2 Å². The molecular formula is C22H24N2O15. The van der Waals surface area contributed by atoms with Gasteiger partial charge in [-0.15, -0.1) is 0 Å². The quantitative estimate of drug-likeness (QED) is 0.127. The summed E-state index contributed by atoms with van der Waals surface area (Å²) in [6.45, 7) is 5.33. The summed E-state index contributed by atoms with van der Waals surface area (Å²) < 4.78 is 35.9. The topological polar surface area (TPSA) is 222 Å². The molecular weight excluding hydrogens is 532 g/mol. The van der Waals surface area contributed by atoms with Crippen LogP contribution in [0.1, 0.15) is 10.4 Å². The van der Waals surface area contributed by atoms with Gasteiger partial charge >= 0.3 is 18.3 Å². The second-order valence-corrected chi connectivity index (χ2v) is 7.45. The molecule has 1 aliphatic heterocycles. The van der Waals surface area contributed by atoms with Crippen LogP contribution in [0.15, 0.2) is 43.5 Å². The zero-order valence-corrected chi connectivity index (χ0v) is 20.4. The Balaban J connectivity index is 2.49. The maximum absolute atomic E-state index is 13.0. The minimum Gasteiger partial charge on any atom is -0.452 e. The summed E-state index contributed by atoms with van der Waals surface area (Å²) in [6.07, 6.45) is -8.37. The minimum atomic E-state index is -1.77. The summed E-state index contributed by atoms with van der Waals surface area (Å²) in [5.41, 5.74) is -2.21. The molecule has 1 saturated heterocycles. The number of nitrogens with zero attached hydrogens (tertiary/aromatic N) is 2. The highest BCUT2D eigenvalue weighted by Crippen LogP contribution is 2.31. The van der Waals surface area contributed by atoms with Crippen LogP contribution in [0.5, 0.6) is 0 Å². The molecule has 1 heterocycles. The van der Waals surface area contributed by atoms with Crippen molar-refractivity contribution in [3.05, 3.63) is 69.3 Å². The number of non-ortho nitro benzene ring substituents is 2. The van der Waals surface area contributed by atoms with E-state index < -0.39 is 82.4 Å². The van der Waals surface area contributed by atoms with E-state index in [-0.39, 0.29) is 13.2 Å². The SMILES string of the molecule is C=CCOC(=O)O[C@@H]1[C@H](OC(=O)OCC=C)[C@@H](OC)O[C@H](CO)[C@H]1OC(=O)c1cc([N+](=O)[O-])cc([N+](=O)[O-])c1. The molecule has 2 rings (SSSR count). The van der Waals surface area contributed by atoms with Gasteiger partial charge in [-0.05, 0) is 0 Å². The lowest BCUT2D eigenvalue weighted by molar-refractivity contribution is -0.394. The van der Waals surface area contributed by atoms with Crippen molar-refractivity contribution in [2.45, 2.75) is 30.7 Å². The number of aliphatic hydroxyl groups is 1. The smallest absolute Gasteiger partial charge is 0.452 e. The predicted molar refractivity (Wildman–Crippen MR) is 125 cm³/mol. The van der Waals surface area contributed by atoms with E-state index in [1.54, 1.807) is 0 Å². The number of hydrogen-bond donors (Lipinski definition) is 1. The number of ether oxygens (including phenoxy) is 7. The van der Waals surface area contributed by atoms with Crippen molar-refractivity contribution < 1.29 is 62.5 Å². The molecule has 1 aromatic carbocycles. The fourth-order valence-electron chi connectivity index (χ4n) is 3.28. The van der Waals surface area contributed by atoms with Gasteiger partial charge in [0.25, 0.3) is 11.4 Å². The zero-order valence-electron chi connectivity index (χ0n) is 20.4. The molecule has 1 N–H and O–H groups in total. The predicted octanol–water partition coefficient (Wildman–Crippen LogP) is 1.81. The largest absolute Gasteiger partial charge is 0.509 e. The Morgan fingerprint density at radius 2 is 1.44 bits per heavy atom. The molecule has 1 aromatic rings. The van der Waals surface area contributed by atoms with Crippen LogP contribution in [-0.4, -0.2) is 90.9 Å². The molecule has 212 valence electrons. The van der Waals surface area contributed by atoms with Crippen LogP contribution >= 0.6 is 0 Å². The summed E-state index contributed by atoms with van der Waals surface area (Å²) in [5, 5.41) is 32.3.